The zero-order valence-corrected chi connectivity index (χ0v) is 14.1. The van der Waals surface area contributed by atoms with Gasteiger partial charge >= 0.3 is 5.69 Å². The van der Waals surface area contributed by atoms with Crippen molar-refractivity contribution >= 4 is 27.7 Å². The lowest BCUT2D eigenvalue weighted by atomic mass is 10.2. The van der Waals surface area contributed by atoms with Crippen LogP contribution >= 0.6 is 27.7 Å². The van der Waals surface area contributed by atoms with Gasteiger partial charge < -0.3 is 5.32 Å². The second kappa shape index (κ2) is 6.37. The van der Waals surface area contributed by atoms with E-state index in [-0.39, 0.29) is 5.69 Å². The molecule has 7 heteroatoms. The summed E-state index contributed by atoms with van der Waals surface area (Å²) in [6.07, 6.45) is 2.13. The molecule has 21 heavy (non-hydrogen) atoms. The summed E-state index contributed by atoms with van der Waals surface area (Å²) in [6.45, 7) is 3.81. The van der Waals surface area contributed by atoms with E-state index in [1.165, 1.54) is 5.56 Å². The summed E-state index contributed by atoms with van der Waals surface area (Å²) < 4.78 is 2.84. The van der Waals surface area contributed by atoms with E-state index in [2.05, 4.69) is 50.5 Å². The predicted molar refractivity (Wildman–Crippen MR) is 86.8 cm³/mol. The van der Waals surface area contributed by atoms with Gasteiger partial charge in [-0.05, 0) is 54.9 Å². The fourth-order valence-corrected chi connectivity index (χ4v) is 3.59. The molecule has 0 radical (unpaired) electrons. The fraction of sp³-hybridized carbons (Fsp3) is 0.429. The summed E-state index contributed by atoms with van der Waals surface area (Å²) in [5, 5.41) is 10.8. The minimum absolute atomic E-state index is 0.106. The van der Waals surface area contributed by atoms with Gasteiger partial charge in [0.15, 0.2) is 5.16 Å². The first-order valence-electron chi connectivity index (χ1n) is 7.03. The third-order valence-corrected chi connectivity index (χ3v) is 4.96. The van der Waals surface area contributed by atoms with Crippen LogP contribution in [0.3, 0.4) is 0 Å². The molecule has 1 saturated carbocycles. The number of halogens is 1. The normalized spacial score (nSPS) is 14.6. The van der Waals surface area contributed by atoms with Gasteiger partial charge in [0.1, 0.15) is 0 Å². The topological polar surface area (TPSA) is 62.7 Å². The molecule has 5 nitrogen and oxygen atoms in total. The van der Waals surface area contributed by atoms with E-state index in [9.17, 15) is 4.79 Å². The van der Waals surface area contributed by atoms with Crippen LogP contribution in [0.2, 0.25) is 0 Å². The van der Waals surface area contributed by atoms with Crippen molar-refractivity contribution in [1.82, 2.24) is 20.1 Å². The summed E-state index contributed by atoms with van der Waals surface area (Å²) in [5.41, 5.74) is 1.10. The monoisotopic (exact) mass is 368 g/mol. The van der Waals surface area contributed by atoms with Crippen molar-refractivity contribution in [2.24, 2.45) is 0 Å². The zero-order valence-electron chi connectivity index (χ0n) is 11.7. The third kappa shape index (κ3) is 3.41. The number of H-pyrrole nitrogens is 1. The van der Waals surface area contributed by atoms with Crippen molar-refractivity contribution in [3.8, 4) is 0 Å². The molecule has 0 atom stereocenters. The Hall–Kier alpha value is -1.05. The van der Waals surface area contributed by atoms with E-state index in [1.54, 1.807) is 16.3 Å². The van der Waals surface area contributed by atoms with Crippen LogP contribution in [0.15, 0.2) is 37.5 Å². The first-order chi connectivity index (χ1) is 10.2. The lowest BCUT2D eigenvalue weighted by Gasteiger charge is -2.10. The van der Waals surface area contributed by atoms with E-state index in [1.807, 2.05) is 6.07 Å². The standard InChI is InChI=1S/C14H17BrN4OS/c1-2-16-8-9-7-10(15)3-6-12(9)21-14-18-17-13(20)19(14)11-4-5-11/h3,6-7,11,16H,2,4-5,8H2,1H3,(H,17,20). The molecule has 0 bridgehead atoms. The second-order valence-corrected chi connectivity index (χ2v) is 6.97. The van der Waals surface area contributed by atoms with Gasteiger partial charge in [-0.25, -0.2) is 9.89 Å². The number of benzene rings is 1. The molecule has 0 spiro atoms. The molecule has 0 saturated heterocycles. The number of hydrogen-bond donors (Lipinski definition) is 2. The summed E-state index contributed by atoms with van der Waals surface area (Å²) in [7, 11) is 0. The van der Waals surface area contributed by atoms with Gasteiger partial charge in [-0.15, -0.1) is 5.10 Å². The highest BCUT2D eigenvalue weighted by atomic mass is 79.9. The van der Waals surface area contributed by atoms with Crippen LogP contribution in [0.4, 0.5) is 0 Å². The number of rotatable bonds is 6. The van der Waals surface area contributed by atoms with Crippen LogP contribution in [0.25, 0.3) is 0 Å². The lowest BCUT2D eigenvalue weighted by Crippen LogP contribution is -2.16. The molecule has 0 unspecified atom stereocenters. The van der Waals surface area contributed by atoms with Gasteiger partial charge in [0.2, 0.25) is 0 Å². The first kappa shape index (κ1) is 14.9. The van der Waals surface area contributed by atoms with Crippen molar-refractivity contribution in [2.45, 2.75) is 42.4 Å². The van der Waals surface area contributed by atoms with Crippen LogP contribution in [0.1, 0.15) is 31.4 Å². The largest absolute Gasteiger partial charge is 0.344 e. The molecule has 112 valence electrons. The molecule has 1 aromatic heterocycles. The summed E-state index contributed by atoms with van der Waals surface area (Å²) in [4.78, 5) is 13.0. The second-order valence-electron chi connectivity index (χ2n) is 5.05. The molecule has 2 aromatic rings. The number of nitrogens with one attached hydrogen (secondary N) is 2. The van der Waals surface area contributed by atoms with Gasteiger partial charge in [-0.2, -0.15) is 0 Å². The Morgan fingerprint density at radius 1 is 1.52 bits per heavy atom. The Morgan fingerprint density at radius 2 is 2.33 bits per heavy atom. The minimum atomic E-state index is -0.106. The van der Waals surface area contributed by atoms with Crippen LogP contribution < -0.4 is 11.0 Å². The van der Waals surface area contributed by atoms with Crippen molar-refractivity contribution in [3.63, 3.8) is 0 Å². The molecule has 1 aliphatic rings. The fourth-order valence-electron chi connectivity index (χ4n) is 2.16. The average molecular weight is 369 g/mol. The van der Waals surface area contributed by atoms with E-state index in [0.29, 0.717) is 6.04 Å². The zero-order chi connectivity index (χ0) is 14.8. The maximum Gasteiger partial charge on any atom is 0.344 e. The molecule has 1 aromatic carbocycles. The number of nitrogens with zero attached hydrogens (tertiary/aromatic N) is 2. The quantitative estimate of drug-likeness (QED) is 0.822. The molecular weight excluding hydrogens is 352 g/mol. The Kier molecular flexibility index (Phi) is 4.51. The average Bonchev–Trinajstić information content (AvgIpc) is 3.24. The van der Waals surface area contributed by atoms with Crippen LogP contribution in [0, 0.1) is 0 Å². The van der Waals surface area contributed by atoms with E-state index in [0.717, 1.165) is 40.5 Å². The summed E-state index contributed by atoms with van der Waals surface area (Å²) in [5.74, 6) is 0. The maximum atomic E-state index is 11.8. The molecule has 0 amide bonds. The van der Waals surface area contributed by atoms with E-state index < -0.39 is 0 Å². The Morgan fingerprint density at radius 3 is 3.05 bits per heavy atom. The van der Waals surface area contributed by atoms with Crippen molar-refractivity contribution in [1.29, 1.82) is 0 Å². The van der Waals surface area contributed by atoms with Crippen molar-refractivity contribution in [3.05, 3.63) is 38.7 Å². The predicted octanol–water partition coefficient (Wildman–Crippen LogP) is 2.93. The first-order valence-corrected chi connectivity index (χ1v) is 8.64. The number of hydrogen-bond acceptors (Lipinski definition) is 4. The van der Waals surface area contributed by atoms with Crippen LogP contribution in [-0.4, -0.2) is 21.3 Å². The third-order valence-electron chi connectivity index (χ3n) is 3.37. The van der Waals surface area contributed by atoms with Gasteiger partial charge in [0.05, 0.1) is 0 Å². The van der Waals surface area contributed by atoms with Gasteiger partial charge in [-0.1, -0.05) is 22.9 Å². The molecular formula is C14H17BrN4OS. The molecule has 0 aliphatic heterocycles. The van der Waals surface area contributed by atoms with Crippen molar-refractivity contribution < 1.29 is 0 Å². The lowest BCUT2D eigenvalue weighted by molar-refractivity contribution is 0.642. The maximum absolute atomic E-state index is 11.8. The SMILES string of the molecule is CCNCc1cc(Br)ccc1Sc1n[nH]c(=O)n1C1CC1. The molecule has 1 fully saturated rings. The van der Waals surface area contributed by atoms with Crippen molar-refractivity contribution in [2.75, 3.05) is 6.54 Å². The Labute approximate surface area is 135 Å². The molecule has 1 heterocycles. The number of aromatic nitrogens is 3. The molecule has 3 rings (SSSR count). The highest BCUT2D eigenvalue weighted by Gasteiger charge is 2.28. The molecule has 1 aliphatic carbocycles. The highest BCUT2D eigenvalue weighted by molar-refractivity contribution is 9.10. The summed E-state index contributed by atoms with van der Waals surface area (Å²) in [6, 6.07) is 6.52. The van der Waals surface area contributed by atoms with Gasteiger partial charge in [0, 0.05) is 22.0 Å². The number of aromatic amines is 1. The van der Waals surface area contributed by atoms with Crippen LogP contribution in [0.5, 0.6) is 0 Å². The van der Waals surface area contributed by atoms with Gasteiger partial charge in [0.25, 0.3) is 0 Å². The minimum Gasteiger partial charge on any atom is -0.313 e. The van der Waals surface area contributed by atoms with Gasteiger partial charge in [-0.3, -0.25) is 4.57 Å². The Balaban J connectivity index is 1.89. The van der Waals surface area contributed by atoms with Crippen LogP contribution in [-0.2, 0) is 6.54 Å². The van der Waals surface area contributed by atoms with E-state index >= 15 is 0 Å². The highest BCUT2D eigenvalue weighted by Crippen LogP contribution is 2.38. The summed E-state index contributed by atoms with van der Waals surface area (Å²) >= 11 is 5.06. The molecule has 2 N–H and O–H groups in total. The van der Waals surface area contributed by atoms with E-state index in [4.69, 9.17) is 0 Å². The smallest absolute Gasteiger partial charge is 0.313 e. The Bertz CT molecular complexity index is 693.